The van der Waals surface area contributed by atoms with Crippen LogP contribution in [0.3, 0.4) is 0 Å². The van der Waals surface area contributed by atoms with Gasteiger partial charge < -0.3 is 4.90 Å². The van der Waals surface area contributed by atoms with Crippen molar-refractivity contribution in [3.05, 3.63) is 0 Å². The van der Waals surface area contributed by atoms with Gasteiger partial charge in [-0.2, -0.15) is 0 Å². The van der Waals surface area contributed by atoms with Gasteiger partial charge in [-0.05, 0) is 44.7 Å². The Kier molecular flexibility index (Phi) is 5.04. The Hall–Kier alpha value is -0.480. The highest BCUT2D eigenvalue weighted by Gasteiger charge is 2.18. The van der Waals surface area contributed by atoms with Gasteiger partial charge in [0, 0.05) is 13.0 Å². The molecule has 0 saturated carbocycles. The van der Waals surface area contributed by atoms with Crippen LogP contribution in [0.5, 0.6) is 0 Å². The molecule has 0 aromatic rings. The minimum atomic E-state index is 0.807. The van der Waals surface area contributed by atoms with Gasteiger partial charge in [0.25, 0.3) is 0 Å². The topological polar surface area (TPSA) is 3.24 Å². The minimum Gasteiger partial charge on any atom is -0.303 e. The highest BCUT2D eigenvalue weighted by Crippen LogP contribution is 2.20. The van der Waals surface area contributed by atoms with Crippen LogP contribution in [-0.4, -0.2) is 24.5 Å². The Balaban J connectivity index is 2.19. The van der Waals surface area contributed by atoms with Crippen LogP contribution in [0.25, 0.3) is 0 Å². The van der Waals surface area contributed by atoms with E-state index >= 15 is 0 Å². The van der Waals surface area contributed by atoms with Crippen molar-refractivity contribution in [1.29, 1.82) is 0 Å². The molecule has 1 heterocycles. The molecule has 1 aliphatic heterocycles. The van der Waals surface area contributed by atoms with E-state index in [0.29, 0.717) is 0 Å². The number of nitrogens with zero attached hydrogens (tertiary/aromatic N) is 1. The maximum atomic E-state index is 3.21. The van der Waals surface area contributed by atoms with Gasteiger partial charge in [-0.3, -0.25) is 0 Å². The molecule has 0 aliphatic carbocycles. The van der Waals surface area contributed by atoms with Crippen LogP contribution in [0.2, 0.25) is 0 Å². The van der Waals surface area contributed by atoms with Crippen LogP contribution in [0.1, 0.15) is 40.0 Å². The molecule has 0 unspecified atom stereocenters. The van der Waals surface area contributed by atoms with Crippen molar-refractivity contribution in [2.24, 2.45) is 11.8 Å². The van der Waals surface area contributed by atoms with Crippen molar-refractivity contribution in [1.82, 2.24) is 4.90 Å². The lowest BCUT2D eigenvalue weighted by atomic mass is 9.93. The number of piperidine rings is 1. The summed E-state index contributed by atoms with van der Waals surface area (Å²) >= 11 is 0. The van der Waals surface area contributed by atoms with Crippen LogP contribution in [0.4, 0.5) is 0 Å². The molecule has 14 heavy (non-hydrogen) atoms. The van der Waals surface area contributed by atoms with E-state index in [0.717, 1.165) is 18.3 Å². The Bertz CT molecular complexity index is 201. The lowest BCUT2D eigenvalue weighted by Crippen LogP contribution is -2.36. The van der Waals surface area contributed by atoms with Gasteiger partial charge in [-0.1, -0.05) is 13.8 Å². The van der Waals surface area contributed by atoms with Gasteiger partial charge in [0.05, 0.1) is 0 Å². The fourth-order valence-electron chi connectivity index (χ4n) is 2.14. The first-order valence-corrected chi connectivity index (χ1v) is 5.84. The average molecular weight is 193 g/mol. The van der Waals surface area contributed by atoms with E-state index in [2.05, 4.69) is 30.6 Å². The number of hydrogen-bond donors (Lipinski definition) is 0. The van der Waals surface area contributed by atoms with Crippen LogP contribution < -0.4 is 0 Å². The molecule has 0 aromatic carbocycles. The second kappa shape index (κ2) is 6.09. The third-order valence-electron chi connectivity index (χ3n) is 2.90. The van der Waals surface area contributed by atoms with E-state index in [1.54, 1.807) is 0 Å². The second-order valence-electron chi connectivity index (χ2n) is 4.77. The molecular formula is C13H23N. The Morgan fingerprint density at radius 3 is 2.43 bits per heavy atom. The van der Waals surface area contributed by atoms with E-state index < -0.39 is 0 Å². The maximum Gasteiger partial charge on any atom is 0.0118 e. The van der Waals surface area contributed by atoms with E-state index in [1.165, 1.54) is 32.5 Å². The van der Waals surface area contributed by atoms with Gasteiger partial charge in [0.1, 0.15) is 0 Å². The van der Waals surface area contributed by atoms with Crippen molar-refractivity contribution in [3.8, 4) is 11.8 Å². The largest absolute Gasteiger partial charge is 0.303 e. The minimum absolute atomic E-state index is 0.807. The van der Waals surface area contributed by atoms with Crippen molar-refractivity contribution in [2.45, 2.75) is 40.0 Å². The zero-order valence-electron chi connectivity index (χ0n) is 9.84. The molecule has 1 aliphatic rings. The van der Waals surface area contributed by atoms with E-state index in [1.807, 2.05) is 6.92 Å². The van der Waals surface area contributed by atoms with E-state index in [4.69, 9.17) is 0 Å². The van der Waals surface area contributed by atoms with Gasteiger partial charge in [0.2, 0.25) is 0 Å². The van der Waals surface area contributed by atoms with Crippen LogP contribution in [0.15, 0.2) is 0 Å². The number of likely N-dealkylation sites (tertiary alicyclic amines) is 1. The first-order chi connectivity index (χ1) is 6.72. The van der Waals surface area contributed by atoms with Gasteiger partial charge in [-0.25, -0.2) is 0 Å². The lowest BCUT2D eigenvalue weighted by molar-refractivity contribution is 0.169. The van der Waals surface area contributed by atoms with E-state index in [-0.39, 0.29) is 0 Å². The van der Waals surface area contributed by atoms with Crippen LogP contribution in [0, 0.1) is 23.7 Å². The predicted octanol–water partition coefficient (Wildman–Crippen LogP) is 2.77. The fraction of sp³-hybridized carbons (Fsp3) is 0.846. The maximum absolute atomic E-state index is 3.21. The molecule has 1 heteroatoms. The summed E-state index contributed by atoms with van der Waals surface area (Å²) in [6.45, 7) is 10.4. The smallest absolute Gasteiger partial charge is 0.0118 e. The summed E-state index contributed by atoms with van der Waals surface area (Å²) in [6, 6.07) is 0. The monoisotopic (exact) mass is 193 g/mol. The Morgan fingerprint density at radius 2 is 1.93 bits per heavy atom. The summed E-state index contributed by atoms with van der Waals surface area (Å²) < 4.78 is 0. The zero-order valence-corrected chi connectivity index (χ0v) is 9.84. The molecule has 0 atom stereocenters. The van der Waals surface area contributed by atoms with Crippen LogP contribution in [-0.2, 0) is 0 Å². The summed E-state index contributed by atoms with van der Waals surface area (Å²) in [5, 5.41) is 0. The summed E-state index contributed by atoms with van der Waals surface area (Å²) in [5.74, 6) is 7.87. The number of hydrogen-bond acceptors (Lipinski definition) is 1. The molecule has 1 saturated heterocycles. The average Bonchev–Trinajstić information content (AvgIpc) is 2.16. The molecule has 80 valence electrons. The molecule has 0 radical (unpaired) electrons. The summed E-state index contributed by atoms with van der Waals surface area (Å²) in [5.41, 5.74) is 0. The number of rotatable bonds is 3. The van der Waals surface area contributed by atoms with Gasteiger partial charge in [0.15, 0.2) is 0 Å². The van der Waals surface area contributed by atoms with Crippen molar-refractivity contribution < 1.29 is 0 Å². The van der Waals surface area contributed by atoms with Crippen LogP contribution >= 0.6 is 0 Å². The zero-order chi connectivity index (χ0) is 10.4. The van der Waals surface area contributed by atoms with Crippen molar-refractivity contribution in [3.63, 3.8) is 0 Å². The van der Waals surface area contributed by atoms with E-state index in [9.17, 15) is 0 Å². The third kappa shape index (κ3) is 4.15. The fourth-order valence-corrected chi connectivity index (χ4v) is 2.14. The molecule has 0 N–H and O–H groups in total. The first kappa shape index (κ1) is 11.6. The molecule has 1 fully saturated rings. The molecule has 1 nitrogen and oxygen atoms in total. The molecule has 0 bridgehead atoms. The SMILES string of the molecule is CC#CCC1CCN(CC(C)C)CC1. The third-order valence-corrected chi connectivity index (χ3v) is 2.90. The summed E-state index contributed by atoms with van der Waals surface area (Å²) in [4.78, 5) is 2.60. The lowest BCUT2D eigenvalue weighted by Gasteiger charge is -2.32. The van der Waals surface area contributed by atoms with Crippen molar-refractivity contribution >= 4 is 0 Å². The highest BCUT2D eigenvalue weighted by molar-refractivity contribution is 4.97. The quantitative estimate of drug-likeness (QED) is 0.623. The summed E-state index contributed by atoms with van der Waals surface area (Å²) in [6.07, 6.45) is 3.81. The van der Waals surface area contributed by atoms with Gasteiger partial charge in [-0.15, -0.1) is 11.8 Å². The van der Waals surface area contributed by atoms with Crippen molar-refractivity contribution in [2.75, 3.05) is 19.6 Å². The second-order valence-corrected chi connectivity index (χ2v) is 4.77. The summed E-state index contributed by atoms with van der Waals surface area (Å²) in [7, 11) is 0. The predicted molar refractivity (Wildman–Crippen MR) is 62.1 cm³/mol. The van der Waals surface area contributed by atoms with Gasteiger partial charge >= 0.3 is 0 Å². The molecule has 0 amide bonds. The first-order valence-electron chi connectivity index (χ1n) is 5.84. The molecule has 0 spiro atoms. The molecule has 1 rings (SSSR count). The highest BCUT2D eigenvalue weighted by atomic mass is 15.1. The standard InChI is InChI=1S/C13H23N/c1-4-5-6-13-7-9-14(10-8-13)11-12(2)3/h12-13H,6-11H2,1-3H3. The molecular weight excluding hydrogens is 170 g/mol. The molecule has 0 aromatic heterocycles. The Labute approximate surface area is 88.9 Å². The normalized spacial score (nSPS) is 19.4. The Morgan fingerprint density at radius 1 is 1.29 bits per heavy atom.